The third-order valence-electron chi connectivity index (χ3n) is 5.16. The molecule has 1 aliphatic rings. The number of nitrogens with one attached hydrogen (secondary N) is 1. The molecule has 9 nitrogen and oxygen atoms in total. The number of cyclic esters (lactones) is 1. The Morgan fingerprint density at radius 1 is 1.09 bits per heavy atom. The second-order valence-electron chi connectivity index (χ2n) is 7.65. The minimum Gasteiger partial charge on any atom is -0.457 e. The smallest absolute Gasteiger partial charge is 0.457 e. The first-order valence-electron chi connectivity index (χ1n) is 10.8. The average Bonchev–Trinajstić information content (AvgIpc) is 3.19. The van der Waals surface area contributed by atoms with Crippen LogP contribution in [0.4, 0.5) is 29.9 Å². The fourth-order valence-corrected chi connectivity index (χ4v) is 3.40. The molecule has 0 aliphatic carbocycles. The maximum atomic E-state index is 12.9. The van der Waals surface area contributed by atoms with Crippen molar-refractivity contribution in [1.82, 2.24) is 15.0 Å². The van der Waals surface area contributed by atoms with Gasteiger partial charge in [0.1, 0.15) is 18.1 Å². The van der Waals surface area contributed by atoms with Crippen LogP contribution in [0.1, 0.15) is 31.9 Å². The molecule has 1 aromatic heterocycles. The Morgan fingerprint density at radius 2 is 1.77 bits per heavy atom. The van der Waals surface area contributed by atoms with Crippen LogP contribution >= 0.6 is 0 Å². The highest BCUT2D eigenvalue weighted by atomic mass is 19.4. The van der Waals surface area contributed by atoms with Gasteiger partial charge in [0.25, 0.3) is 0 Å². The first-order valence-corrected chi connectivity index (χ1v) is 10.8. The molecule has 2 atom stereocenters. The summed E-state index contributed by atoms with van der Waals surface area (Å²) in [5.74, 6) is 0.816. The highest BCUT2D eigenvalue weighted by molar-refractivity contribution is 5.88. The lowest BCUT2D eigenvalue weighted by molar-refractivity contribution is -0.277. The molecule has 3 aromatic rings. The van der Waals surface area contributed by atoms with Crippen molar-refractivity contribution in [2.24, 2.45) is 0 Å². The largest absolute Gasteiger partial charge is 0.575 e. The molecule has 35 heavy (non-hydrogen) atoms. The quantitative estimate of drug-likeness (QED) is 0.445. The Balaban J connectivity index is 1.55. The second kappa shape index (κ2) is 10.0. The number of aromatic nitrogens is 3. The van der Waals surface area contributed by atoms with Crippen molar-refractivity contribution in [3.8, 4) is 17.5 Å². The molecule has 12 heteroatoms. The van der Waals surface area contributed by atoms with Gasteiger partial charge < -0.3 is 19.5 Å². The topological polar surface area (TPSA) is 98.7 Å². The van der Waals surface area contributed by atoms with Crippen molar-refractivity contribution in [1.29, 1.82) is 0 Å². The monoisotopic (exact) mass is 489 g/mol. The van der Waals surface area contributed by atoms with E-state index >= 15 is 0 Å². The van der Waals surface area contributed by atoms with Gasteiger partial charge in [-0.25, -0.2) is 9.69 Å². The number of alkyl halides is 3. The molecule has 0 spiro atoms. The number of hydrogen-bond acceptors (Lipinski definition) is 8. The van der Waals surface area contributed by atoms with Crippen molar-refractivity contribution in [2.45, 2.75) is 38.7 Å². The second-order valence-corrected chi connectivity index (χ2v) is 7.65. The van der Waals surface area contributed by atoms with E-state index in [1.54, 1.807) is 38.1 Å². The molecule has 1 aliphatic heterocycles. The highest BCUT2D eigenvalue weighted by Crippen LogP contribution is 2.28. The average molecular weight is 489 g/mol. The normalized spacial score (nSPS) is 16.5. The molecule has 4 rings (SSSR count). The van der Waals surface area contributed by atoms with Gasteiger partial charge in [0.05, 0.1) is 12.1 Å². The summed E-state index contributed by atoms with van der Waals surface area (Å²) in [5.41, 5.74) is 0.790. The van der Waals surface area contributed by atoms with Gasteiger partial charge in [-0.1, -0.05) is 37.3 Å². The number of nitrogens with zero attached hydrogens (tertiary/aromatic N) is 4. The molecule has 1 N–H and O–H groups in total. The highest BCUT2D eigenvalue weighted by Gasteiger charge is 2.37. The van der Waals surface area contributed by atoms with Crippen molar-refractivity contribution >= 4 is 18.0 Å². The van der Waals surface area contributed by atoms with Gasteiger partial charge in [-0.05, 0) is 43.2 Å². The molecule has 1 saturated heterocycles. The van der Waals surface area contributed by atoms with Crippen LogP contribution in [-0.2, 0) is 4.74 Å². The molecular formula is C23H22F3N5O4. The summed E-state index contributed by atoms with van der Waals surface area (Å²) >= 11 is 0. The van der Waals surface area contributed by atoms with Gasteiger partial charge in [0, 0.05) is 0 Å². The number of anilines is 2. The van der Waals surface area contributed by atoms with E-state index in [1.807, 2.05) is 30.3 Å². The minimum absolute atomic E-state index is 0.0764. The Hall–Kier alpha value is -4.09. The van der Waals surface area contributed by atoms with Crippen LogP contribution in [0.3, 0.4) is 0 Å². The fourth-order valence-electron chi connectivity index (χ4n) is 3.40. The zero-order chi connectivity index (χ0) is 25.0. The van der Waals surface area contributed by atoms with Gasteiger partial charge in [-0.2, -0.15) is 15.0 Å². The summed E-state index contributed by atoms with van der Waals surface area (Å²) in [6.07, 6.45) is -5.29. The van der Waals surface area contributed by atoms with Crippen LogP contribution in [0.5, 0.6) is 17.5 Å². The standard InChI is InChI=1S/C23H22F3N5O4/c1-3-16-13-33-22(32)31(16)20-28-19(29-21(30-20)35-23(24,25)26)27-14(2)15-9-11-18(12-10-15)34-17-7-5-4-6-8-17/h4-12,14,16H,3,13H2,1-2H3,(H,27,28,29,30)/t14-,16-/m0/s1. The number of hydrogen-bond donors (Lipinski definition) is 1. The molecule has 0 saturated carbocycles. The van der Waals surface area contributed by atoms with Gasteiger partial charge in [0.15, 0.2) is 0 Å². The maximum absolute atomic E-state index is 12.9. The SMILES string of the molecule is CC[C@H]1COC(=O)N1c1nc(N[C@@H](C)c2ccc(Oc3ccccc3)cc2)nc(OC(F)(F)F)n1. The van der Waals surface area contributed by atoms with E-state index in [9.17, 15) is 18.0 Å². The molecule has 0 bridgehead atoms. The molecule has 1 fully saturated rings. The number of carbonyl (C=O) groups excluding carboxylic acids is 1. The number of halogens is 3. The molecule has 2 heterocycles. The van der Waals surface area contributed by atoms with E-state index < -0.39 is 30.5 Å². The minimum atomic E-state index is -5.02. The van der Waals surface area contributed by atoms with E-state index in [-0.39, 0.29) is 18.5 Å². The predicted molar refractivity (Wildman–Crippen MR) is 119 cm³/mol. The molecule has 184 valence electrons. The number of carbonyl (C=O) groups is 1. The van der Waals surface area contributed by atoms with Crippen LogP contribution in [-0.4, -0.2) is 40.1 Å². The first-order chi connectivity index (χ1) is 16.7. The third-order valence-corrected chi connectivity index (χ3v) is 5.16. The van der Waals surface area contributed by atoms with Crippen LogP contribution in [0.2, 0.25) is 0 Å². The fraction of sp³-hybridized carbons (Fsp3) is 0.304. The van der Waals surface area contributed by atoms with E-state index in [4.69, 9.17) is 9.47 Å². The molecule has 2 aromatic carbocycles. The van der Waals surface area contributed by atoms with Gasteiger partial charge >= 0.3 is 18.5 Å². The summed E-state index contributed by atoms with van der Waals surface area (Å²) in [5, 5.41) is 2.94. The Bertz CT molecular complexity index is 1160. The molecule has 0 radical (unpaired) electrons. The van der Waals surface area contributed by atoms with Crippen molar-refractivity contribution < 1.29 is 32.2 Å². The predicted octanol–water partition coefficient (Wildman–Crippen LogP) is 5.47. The first kappa shape index (κ1) is 24.0. The van der Waals surface area contributed by atoms with Gasteiger partial charge in [0.2, 0.25) is 11.9 Å². The van der Waals surface area contributed by atoms with Crippen LogP contribution in [0, 0.1) is 0 Å². The van der Waals surface area contributed by atoms with Gasteiger partial charge in [-0.15, -0.1) is 13.2 Å². The Morgan fingerprint density at radius 3 is 2.43 bits per heavy atom. The van der Waals surface area contributed by atoms with Crippen LogP contribution in [0.25, 0.3) is 0 Å². The maximum Gasteiger partial charge on any atom is 0.575 e. The van der Waals surface area contributed by atoms with Gasteiger partial charge in [-0.3, -0.25) is 0 Å². The van der Waals surface area contributed by atoms with E-state index in [0.29, 0.717) is 17.9 Å². The van der Waals surface area contributed by atoms with Crippen LogP contribution < -0.4 is 19.7 Å². The summed E-state index contributed by atoms with van der Waals surface area (Å²) in [6.45, 7) is 3.66. The zero-order valence-electron chi connectivity index (χ0n) is 18.8. The number of amides is 1. The Kier molecular flexibility index (Phi) is 6.90. The zero-order valence-corrected chi connectivity index (χ0v) is 18.8. The third kappa shape index (κ3) is 6.08. The lowest BCUT2D eigenvalue weighted by atomic mass is 10.1. The summed E-state index contributed by atoms with van der Waals surface area (Å²) in [4.78, 5) is 24.8. The van der Waals surface area contributed by atoms with E-state index in [0.717, 1.165) is 10.5 Å². The number of rotatable bonds is 8. The summed E-state index contributed by atoms with van der Waals surface area (Å²) < 4.78 is 53.3. The number of benzene rings is 2. The molecule has 0 unspecified atom stereocenters. The summed E-state index contributed by atoms with van der Waals surface area (Å²) in [6, 6.07) is 14.6. The van der Waals surface area contributed by atoms with Crippen LogP contribution in [0.15, 0.2) is 54.6 Å². The Labute approximate surface area is 198 Å². The molecule has 1 amide bonds. The lowest BCUT2D eigenvalue weighted by Gasteiger charge is -2.20. The van der Waals surface area contributed by atoms with E-state index in [1.165, 1.54) is 0 Å². The van der Waals surface area contributed by atoms with E-state index in [2.05, 4.69) is 25.0 Å². The van der Waals surface area contributed by atoms with Crippen molar-refractivity contribution in [3.63, 3.8) is 0 Å². The lowest BCUT2D eigenvalue weighted by Crippen LogP contribution is -2.35. The number of para-hydroxylation sites is 1. The van der Waals surface area contributed by atoms with Crippen molar-refractivity contribution in [2.75, 3.05) is 16.8 Å². The summed E-state index contributed by atoms with van der Waals surface area (Å²) in [7, 11) is 0. The number of ether oxygens (including phenoxy) is 3. The molecular weight excluding hydrogens is 467 g/mol. The van der Waals surface area contributed by atoms with Crippen molar-refractivity contribution in [3.05, 3.63) is 60.2 Å².